The van der Waals surface area contributed by atoms with E-state index in [0.29, 0.717) is 24.9 Å². The number of aryl methyl sites for hydroxylation is 1. The zero-order chi connectivity index (χ0) is 21.1. The van der Waals surface area contributed by atoms with Gasteiger partial charge in [0.05, 0.1) is 5.41 Å². The molecule has 2 rings (SSSR count). The summed E-state index contributed by atoms with van der Waals surface area (Å²) in [5, 5.41) is 12.6. The molecule has 0 saturated carbocycles. The molecule has 1 heterocycles. The fraction of sp³-hybridized carbons (Fsp3) is 0.591. The number of likely N-dealkylation sites (tertiary alicyclic amines) is 1. The summed E-state index contributed by atoms with van der Waals surface area (Å²) in [6.45, 7) is 10.2. The molecule has 2 unspecified atom stereocenters. The minimum absolute atomic E-state index is 0.0760. The van der Waals surface area contributed by atoms with E-state index in [1.165, 1.54) is 0 Å². The summed E-state index contributed by atoms with van der Waals surface area (Å²) in [7, 11) is 0. The molecule has 1 aromatic carbocycles. The molecule has 0 spiro atoms. The van der Waals surface area contributed by atoms with Crippen LogP contribution in [0.2, 0.25) is 0 Å². The summed E-state index contributed by atoms with van der Waals surface area (Å²) in [4.78, 5) is 39.4. The van der Waals surface area contributed by atoms with Crippen molar-refractivity contribution in [3.8, 4) is 0 Å². The Morgan fingerprint density at radius 2 is 1.82 bits per heavy atom. The molecule has 0 bridgehead atoms. The van der Waals surface area contributed by atoms with E-state index in [2.05, 4.69) is 5.32 Å². The second-order valence-corrected chi connectivity index (χ2v) is 8.60. The van der Waals surface area contributed by atoms with Crippen molar-refractivity contribution in [2.45, 2.75) is 53.5 Å². The van der Waals surface area contributed by atoms with Crippen LogP contribution in [0.3, 0.4) is 0 Å². The van der Waals surface area contributed by atoms with Gasteiger partial charge in [-0.2, -0.15) is 0 Å². The van der Waals surface area contributed by atoms with Gasteiger partial charge in [-0.3, -0.25) is 14.4 Å². The van der Waals surface area contributed by atoms with Crippen molar-refractivity contribution >= 4 is 17.8 Å². The van der Waals surface area contributed by atoms with Crippen molar-refractivity contribution in [1.82, 2.24) is 10.2 Å². The quantitative estimate of drug-likeness (QED) is 0.751. The monoisotopic (exact) mass is 388 g/mol. The number of aliphatic carboxylic acids is 1. The molecule has 1 aliphatic rings. The van der Waals surface area contributed by atoms with Crippen molar-refractivity contribution in [3.63, 3.8) is 0 Å². The lowest BCUT2D eigenvalue weighted by Gasteiger charge is -2.30. The first-order valence-corrected chi connectivity index (χ1v) is 9.97. The fourth-order valence-corrected chi connectivity index (χ4v) is 3.89. The highest BCUT2D eigenvalue weighted by atomic mass is 16.4. The van der Waals surface area contributed by atoms with Crippen LogP contribution in [0.5, 0.6) is 0 Å². The summed E-state index contributed by atoms with van der Waals surface area (Å²) in [6, 6.07) is 6.60. The Labute approximate surface area is 167 Å². The fourth-order valence-electron chi connectivity index (χ4n) is 3.89. The van der Waals surface area contributed by atoms with Crippen LogP contribution in [-0.2, 0) is 9.59 Å². The second-order valence-electron chi connectivity index (χ2n) is 8.60. The van der Waals surface area contributed by atoms with Gasteiger partial charge in [0.2, 0.25) is 5.91 Å². The summed E-state index contributed by atoms with van der Waals surface area (Å²) in [5.41, 5.74) is 0.479. The molecular weight excluding hydrogens is 356 g/mol. The number of hydrogen-bond acceptors (Lipinski definition) is 3. The van der Waals surface area contributed by atoms with Crippen molar-refractivity contribution < 1.29 is 19.5 Å². The first kappa shape index (κ1) is 21.9. The molecule has 6 nitrogen and oxygen atoms in total. The largest absolute Gasteiger partial charge is 0.481 e. The predicted octanol–water partition coefficient (Wildman–Crippen LogP) is 3.10. The van der Waals surface area contributed by atoms with E-state index in [4.69, 9.17) is 0 Å². The summed E-state index contributed by atoms with van der Waals surface area (Å²) in [5.74, 6) is -1.19. The Morgan fingerprint density at radius 1 is 1.18 bits per heavy atom. The van der Waals surface area contributed by atoms with E-state index in [9.17, 15) is 19.5 Å². The lowest BCUT2D eigenvalue weighted by molar-refractivity contribution is -0.151. The number of carboxylic acids is 1. The van der Waals surface area contributed by atoms with Crippen LogP contribution in [0.4, 0.5) is 0 Å². The van der Waals surface area contributed by atoms with Crippen LogP contribution in [0, 0.1) is 24.2 Å². The number of benzene rings is 1. The predicted molar refractivity (Wildman–Crippen MR) is 108 cm³/mol. The van der Waals surface area contributed by atoms with Gasteiger partial charge in [-0.25, -0.2) is 0 Å². The second kappa shape index (κ2) is 8.76. The minimum atomic E-state index is -0.919. The molecule has 1 saturated heterocycles. The Bertz CT molecular complexity index is 744. The molecule has 28 heavy (non-hydrogen) atoms. The highest BCUT2D eigenvalue weighted by Gasteiger charge is 2.49. The number of nitrogens with one attached hydrogen (secondary N) is 1. The minimum Gasteiger partial charge on any atom is -0.481 e. The third kappa shape index (κ3) is 4.54. The van der Waals surface area contributed by atoms with Crippen molar-refractivity contribution in [2.75, 3.05) is 13.1 Å². The van der Waals surface area contributed by atoms with Crippen molar-refractivity contribution in [3.05, 3.63) is 35.4 Å². The third-order valence-electron chi connectivity index (χ3n) is 5.84. The molecule has 0 aromatic heterocycles. The topological polar surface area (TPSA) is 86.7 Å². The van der Waals surface area contributed by atoms with E-state index in [1.54, 1.807) is 17.0 Å². The van der Waals surface area contributed by atoms with Crippen molar-refractivity contribution in [1.29, 1.82) is 0 Å². The molecule has 1 fully saturated rings. The van der Waals surface area contributed by atoms with Crippen molar-refractivity contribution in [2.24, 2.45) is 17.3 Å². The summed E-state index contributed by atoms with van der Waals surface area (Å²) >= 11 is 0. The van der Waals surface area contributed by atoms with Gasteiger partial charge in [0.15, 0.2) is 0 Å². The normalized spacial score (nSPS) is 20.5. The standard InChI is InChI=1S/C22H32N2O4/c1-14(2)12-18(23-19(25)17-9-7-6-8-16(17)5)20(26)24-11-10-22(13-24,15(3)4)21(27)28/h6-9,14-15,18H,10-13H2,1-5H3,(H,23,25)(H,27,28). The maximum atomic E-state index is 13.2. The lowest BCUT2D eigenvalue weighted by atomic mass is 9.76. The first-order valence-electron chi connectivity index (χ1n) is 9.97. The van der Waals surface area contributed by atoms with Gasteiger partial charge in [-0.15, -0.1) is 0 Å². The molecule has 1 aromatic rings. The smallest absolute Gasteiger partial charge is 0.311 e. The molecule has 0 radical (unpaired) electrons. The van der Waals surface area contributed by atoms with Gasteiger partial charge in [-0.1, -0.05) is 45.9 Å². The number of amides is 2. The number of rotatable bonds is 7. The zero-order valence-corrected chi connectivity index (χ0v) is 17.5. The van der Waals surface area contributed by atoms with E-state index < -0.39 is 17.4 Å². The Hall–Kier alpha value is -2.37. The van der Waals surface area contributed by atoms with Crippen LogP contribution in [0.15, 0.2) is 24.3 Å². The third-order valence-corrected chi connectivity index (χ3v) is 5.84. The molecule has 2 amide bonds. The van der Waals surface area contributed by atoms with Crippen LogP contribution >= 0.6 is 0 Å². The van der Waals surface area contributed by atoms with E-state index in [0.717, 1.165) is 5.56 Å². The van der Waals surface area contributed by atoms with Crippen LogP contribution < -0.4 is 5.32 Å². The SMILES string of the molecule is Cc1ccccc1C(=O)NC(CC(C)C)C(=O)N1CCC(C(=O)O)(C(C)C)C1. The highest BCUT2D eigenvalue weighted by Crippen LogP contribution is 2.38. The highest BCUT2D eigenvalue weighted by molar-refractivity contribution is 5.98. The molecule has 2 atom stereocenters. The summed E-state index contributed by atoms with van der Waals surface area (Å²) in [6.07, 6.45) is 0.945. The molecule has 2 N–H and O–H groups in total. The number of nitrogens with zero attached hydrogens (tertiary/aromatic N) is 1. The maximum absolute atomic E-state index is 13.2. The summed E-state index contributed by atoms with van der Waals surface area (Å²) < 4.78 is 0. The van der Waals surface area contributed by atoms with Crippen LogP contribution in [0.1, 0.15) is 56.5 Å². The average Bonchev–Trinajstić information content (AvgIpc) is 3.07. The molecule has 6 heteroatoms. The van der Waals surface area contributed by atoms with Gasteiger partial charge in [0, 0.05) is 18.7 Å². The molecule has 154 valence electrons. The zero-order valence-electron chi connectivity index (χ0n) is 17.5. The molecule has 0 aliphatic carbocycles. The Morgan fingerprint density at radius 3 is 2.32 bits per heavy atom. The van der Waals surface area contributed by atoms with Gasteiger partial charge < -0.3 is 15.3 Å². The van der Waals surface area contributed by atoms with Gasteiger partial charge >= 0.3 is 5.97 Å². The number of hydrogen-bond donors (Lipinski definition) is 2. The average molecular weight is 389 g/mol. The Kier molecular flexibility index (Phi) is 6.86. The number of carbonyl (C=O) groups excluding carboxylic acids is 2. The maximum Gasteiger partial charge on any atom is 0.311 e. The Balaban J connectivity index is 2.19. The van der Waals surface area contributed by atoms with E-state index in [1.807, 2.05) is 46.8 Å². The van der Waals surface area contributed by atoms with Gasteiger partial charge in [0.1, 0.15) is 6.04 Å². The molecule has 1 aliphatic heterocycles. The van der Waals surface area contributed by atoms with Crippen LogP contribution in [-0.4, -0.2) is 46.9 Å². The first-order chi connectivity index (χ1) is 13.1. The molecular formula is C22H32N2O4. The van der Waals surface area contributed by atoms with E-state index in [-0.39, 0.29) is 30.2 Å². The van der Waals surface area contributed by atoms with Gasteiger partial charge in [0.25, 0.3) is 5.91 Å². The van der Waals surface area contributed by atoms with Gasteiger partial charge in [-0.05, 0) is 43.2 Å². The number of carbonyl (C=O) groups is 3. The lowest BCUT2D eigenvalue weighted by Crippen LogP contribution is -2.50. The van der Waals surface area contributed by atoms with E-state index >= 15 is 0 Å². The number of carboxylic acid groups (broad SMARTS) is 1. The van der Waals surface area contributed by atoms with Crippen LogP contribution in [0.25, 0.3) is 0 Å².